The molecule has 4 heteroatoms. The Morgan fingerprint density at radius 2 is 1.89 bits per heavy atom. The lowest BCUT2D eigenvalue weighted by atomic mass is 9.97. The Labute approximate surface area is 119 Å². The zero-order valence-corrected chi connectivity index (χ0v) is 12.9. The van der Waals surface area contributed by atoms with Crippen LogP contribution in [-0.4, -0.2) is 34.9 Å². The molecule has 0 spiro atoms. The third-order valence-corrected chi connectivity index (χ3v) is 4.54. The van der Waals surface area contributed by atoms with Crippen LogP contribution in [0.3, 0.4) is 0 Å². The number of ketones is 1. The van der Waals surface area contributed by atoms with Crippen molar-refractivity contribution in [2.24, 2.45) is 0 Å². The van der Waals surface area contributed by atoms with Crippen molar-refractivity contribution in [1.82, 2.24) is 4.90 Å². The Morgan fingerprint density at radius 1 is 1.33 bits per heavy atom. The first-order chi connectivity index (χ1) is 8.41. The predicted molar refractivity (Wildman–Crippen MR) is 83.3 cm³/mol. The molecule has 0 saturated heterocycles. The van der Waals surface area contributed by atoms with Gasteiger partial charge < -0.3 is 4.90 Å². The summed E-state index contributed by atoms with van der Waals surface area (Å²) in [5.41, 5.74) is 2.28. The van der Waals surface area contributed by atoms with E-state index in [1.165, 1.54) is 5.56 Å². The summed E-state index contributed by atoms with van der Waals surface area (Å²) >= 11 is 6.79. The highest BCUT2D eigenvalue weighted by Gasteiger charge is 2.17. The largest absolute Gasteiger partial charge is 0.364 e. The number of carbonyl (C=O) groups excluding carboxylic acids is 1. The van der Waals surface area contributed by atoms with E-state index in [-0.39, 0.29) is 11.7 Å². The van der Waals surface area contributed by atoms with E-state index in [1.54, 1.807) is 18.7 Å². The van der Waals surface area contributed by atoms with Gasteiger partial charge in [0.05, 0.1) is 5.92 Å². The number of thiocarbonyl (C=S) groups is 1. The molecule has 1 aromatic rings. The summed E-state index contributed by atoms with van der Waals surface area (Å²) in [6, 6.07) is 8.14. The molecule has 1 aromatic carbocycles. The number of Topliss-reactive ketones (excluding diaryl/α,β-unsaturated/α-hetero) is 1. The van der Waals surface area contributed by atoms with Gasteiger partial charge in [0.15, 0.2) is 0 Å². The summed E-state index contributed by atoms with van der Waals surface area (Å²) in [5, 5.41) is 0. The van der Waals surface area contributed by atoms with E-state index in [2.05, 4.69) is 0 Å². The van der Waals surface area contributed by atoms with Gasteiger partial charge in [0.25, 0.3) is 0 Å². The van der Waals surface area contributed by atoms with E-state index in [0.717, 1.165) is 9.88 Å². The lowest BCUT2D eigenvalue weighted by Gasteiger charge is -2.17. The lowest BCUT2D eigenvalue weighted by Crippen LogP contribution is -2.19. The Kier molecular flexibility index (Phi) is 5.82. The van der Waals surface area contributed by atoms with Crippen LogP contribution >= 0.6 is 24.0 Å². The lowest BCUT2D eigenvalue weighted by molar-refractivity contribution is -0.117. The van der Waals surface area contributed by atoms with E-state index in [0.29, 0.717) is 5.75 Å². The van der Waals surface area contributed by atoms with Crippen LogP contribution in [-0.2, 0) is 4.79 Å². The van der Waals surface area contributed by atoms with Crippen LogP contribution in [0.5, 0.6) is 0 Å². The SMILES string of the molecule is CC(=O)C(CSC(=S)N(C)C)c1ccc(C)cc1. The molecule has 1 atom stereocenters. The van der Waals surface area contributed by atoms with Crippen LogP contribution in [0.1, 0.15) is 24.0 Å². The first-order valence-electron chi connectivity index (χ1n) is 5.83. The van der Waals surface area contributed by atoms with E-state index < -0.39 is 0 Å². The first-order valence-corrected chi connectivity index (χ1v) is 7.22. The van der Waals surface area contributed by atoms with E-state index in [4.69, 9.17) is 12.2 Å². The predicted octanol–water partition coefficient (Wildman–Crippen LogP) is 3.25. The summed E-state index contributed by atoms with van der Waals surface area (Å²) in [7, 11) is 3.84. The maximum absolute atomic E-state index is 11.7. The summed E-state index contributed by atoms with van der Waals surface area (Å²) in [4.78, 5) is 13.6. The number of nitrogens with zero attached hydrogens (tertiary/aromatic N) is 1. The molecule has 0 aromatic heterocycles. The average Bonchev–Trinajstić information content (AvgIpc) is 2.30. The summed E-state index contributed by atoms with van der Waals surface area (Å²) < 4.78 is 0.813. The van der Waals surface area contributed by atoms with E-state index in [1.807, 2.05) is 50.2 Å². The van der Waals surface area contributed by atoms with Gasteiger partial charge in [-0.15, -0.1) is 0 Å². The molecule has 0 fully saturated rings. The van der Waals surface area contributed by atoms with Crippen LogP contribution in [0, 0.1) is 6.92 Å². The summed E-state index contributed by atoms with van der Waals surface area (Å²) in [6.07, 6.45) is 0. The minimum atomic E-state index is -0.0755. The second-order valence-electron chi connectivity index (χ2n) is 4.55. The monoisotopic (exact) mass is 281 g/mol. The smallest absolute Gasteiger partial charge is 0.138 e. The Bertz CT molecular complexity index is 426. The molecular weight excluding hydrogens is 262 g/mol. The van der Waals surface area contributed by atoms with Crippen LogP contribution in [0.25, 0.3) is 0 Å². The molecular formula is C14H19NOS2. The molecule has 0 bridgehead atoms. The summed E-state index contributed by atoms with van der Waals surface area (Å²) in [5.74, 6) is 0.816. The van der Waals surface area contributed by atoms with Crippen LogP contribution in [0.2, 0.25) is 0 Å². The minimum Gasteiger partial charge on any atom is -0.364 e. The quantitative estimate of drug-likeness (QED) is 0.789. The highest BCUT2D eigenvalue weighted by molar-refractivity contribution is 8.22. The second kappa shape index (κ2) is 6.90. The highest BCUT2D eigenvalue weighted by atomic mass is 32.2. The van der Waals surface area contributed by atoms with Gasteiger partial charge in [-0.05, 0) is 19.4 Å². The molecule has 0 aliphatic carbocycles. The molecule has 0 heterocycles. The molecule has 0 radical (unpaired) electrons. The fraction of sp³-hybridized carbons (Fsp3) is 0.429. The van der Waals surface area contributed by atoms with E-state index >= 15 is 0 Å². The molecule has 0 aliphatic heterocycles. The number of thioether (sulfide) groups is 1. The number of aryl methyl sites for hydroxylation is 1. The third kappa shape index (κ3) is 4.42. The number of hydrogen-bond donors (Lipinski definition) is 0. The number of carbonyl (C=O) groups is 1. The Balaban J connectivity index is 2.75. The molecule has 0 amide bonds. The number of hydrogen-bond acceptors (Lipinski definition) is 3. The minimum absolute atomic E-state index is 0.0755. The van der Waals surface area contributed by atoms with Gasteiger partial charge in [0.2, 0.25) is 0 Å². The molecule has 1 rings (SSSR count). The molecule has 0 N–H and O–H groups in total. The maximum atomic E-state index is 11.7. The van der Waals surface area contributed by atoms with Gasteiger partial charge in [0, 0.05) is 19.8 Å². The maximum Gasteiger partial charge on any atom is 0.138 e. The molecule has 98 valence electrons. The van der Waals surface area contributed by atoms with Gasteiger partial charge >= 0.3 is 0 Å². The van der Waals surface area contributed by atoms with Crippen molar-refractivity contribution in [3.05, 3.63) is 35.4 Å². The van der Waals surface area contributed by atoms with Gasteiger partial charge in [-0.2, -0.15) is 0 Å². The van der Waals surface area contributed by atoms with E-state index in [9.17, 15) is 4.79 Å². The second-order valence-corrected chi connectivity index (χ2v) is 6.20. The van der Waals surface area contributed by atoms with Crippen LogP contribution in [0.4, 0.5) is 0 Å². The highest BCUT2D eigenvalue weighted by Crippen LogP contribution is 2.23. The third-order valence-electron chi connectivity index (χ3n) is 2.71. The van der Waals surface area contributed by atoms with Crippen molar-refractivity contribution < 1.29 is 4.79 Å². The molecule has 1 unspecified atom stereocenters. The van der Waals surface area contributed by atoms with Crippen molar-refractivity contribution >= 4 is 34.1 Å². The van der Waals surface area contributed by atoms with Crippen molar-refractivity contribution in [2.75, 3.05) is 19.8 Å². The fourth-order valence-corrected chi connectivity index (χ4v) is 2.73. The molecule has 18 heavy (non-hydrogen) atoms. The topological polar surface area (TPSA) is 20.3 Å². The van der Waals surface area contributed by atoms with Gasteiger partial charge in [-0.3, -0.25) is 4.79 Å². The average molecular weight is 281 g/mol. The normalized spacial score (nSPS) is 12.0. The fourth-order valence-electron chi connectivity index (χ4n) is 1.53. The zero-order valence-electron chi connectivity index (χ0n) is 11.3. The first kappa shape index (κ1) is 15.2. The Hall–Kier alpha value is -0.870. The van der Waals surface area contributed by atoms with Crippen molar-refractivity contribution in [1.29, 1.82) is 0 Å². The van der Waals surface area contributed by atoms with Crippen molar-refractivity contribution in [3.63, 3.8) is 0 Å². The molecule has 0 aliphatic rings. The number of benzene rings is 1. The molecule has 0 saturated carbocycles. The van der Waals surface area contributed by atoms with Crippen molar-refractivity contribution in [2.45, 2.75) is 19.8 Å². The zero-order chi connectivity index (χ0) is 13.7. The summed E-state index contributed by atoms with van der Waals surface area (Å²) in [6.45, 7) is 3.69. The van der Waals surface area contributed by atoms with Crippen LogP contribution < -0.4 is 0 Å². The van der Waals surface area contributed by atoms with Gasteiger partial charge in [-0.1, -0.05) is 53.8 Å². The van der Waals surface area contributed by atoms with Crippen molar-refractivity contribution in [3.8, 4) is 0 Å². The molecule has 2 nitrogen and oxygen atoms in total. The standard InChI is InChI=1S/C14H19NOS2/c1-10-5-7-12(8-6-10)13(11(2)16)9-18-14(17)15(3)4/h5-8,13H,9H2,1-4H3. The Morgan fingerprint density at radius 3 is 2.33 bits per heavy atom. The van der Waals surface area contributed by atoms with Gasteiger partial charge in [-0.25, -0.2) is 0 Å². The van der Waals surface area contributed by atoms with Crippen LogP contribution in [0.15, 0.2) is 24.3 Å². The van der Waals surface area contributed by atoms with Gasteiger partial charge in [0.1, 0.15) is 10.1 Å². The number of rotatable bonds is 4.